The van der Waals surface area contributed by atoms with E-state index in [4.69, 9.17) is 12.6 Å². The van der Waals surface area contributed by atoms with Crippen molar-refractivity contribution in [2.75, 3.05) is 0 Å². The summed E-state index contributed by atoms with van der Waals surface area (Å²) in [5.74, 6) is 0. The van der Waals surface area contributed by atoms with Crippen molar-refractivity contribution in [3.05, 3.63) is 70.5 Å². The number of furan rings is 1. The molecule has 0 aliphatic rings. The van der Waals surface area contributed by atoms with Crippen molar-refractivity contribution in [2.45, 2.75) is 34.5 Å². The van der Waals surface area contributed by atoms with Crippen molar-refractivity contribution in [1.29, 1.82) is 0 Å². The van der Waals surface area contributed by atoms with Gasteiger partial charge in [-0.1, -0.05) is 12.1 Å². The zero-order chi connectivity index (χ0) is 25.4. The number of pyridine rings is 2. The van der Waals surface area contributed by atoms with Gasteiger partial charge < -0.3 is 4.42 Å². The fourth-order valence-electron chi connectivity index (χ4n) is 4.11. The van der Waals surface area contributed by atoms with Gasteiger partial charge in [-0.15, -0.1) is 0 Å². The van der Waals surface area contributed by atoms with E-state index in [0.717, 1.165) is 27.6 Å². The maximum Gasteiger partial charge on any atom is 0.216 e. The fourth-order valence-corrected chi connectivity index (χ4v) is 4.11. The molecule has 0 saturated heterocycles. The van der Waals surface area contributed by atoms with Crippen LogP contribution in [-0.4, -0.2) is 4.98 Å². The second-order valence-corrected chi connectivity index (χ2v) is 7.78. The SMILES string of the molecule is [2H]C([2H])([2H])c1c[n+](C)c(-c2c(C)ccc3c2oc2cc4nc(C)cc(C([2H])([2H])[2H])c4cc23)cc1C. The van der Waals surface area contributed by atoms with Crippen molar-refractivity contribution in [3.63, 3.8) is 0 Å². The maximum atomic E-state index is 8.00. The summed E-state index contributed by atoms with van der Waals surface area (Å²) >= 11 is 0. The molecule has 3 heterocycles. The summed E-state index contributed by atoms with van der Waals surface area (Å²) in [5, 5.41) is 2.25. The van der Waals surface area contributed by atoms with Crippen molar-refractivity contribution < 1.29 is 17.2 Å². The lowest BCUT2D eigenvalue weighted by Gasteiger charge is -2.07. The minimum absolute atomic E-state index is 0.269. The minimum Gasteiger partial charge on any atom is -0.455 e. The average molecular weight is 388 g/mol. The third kappa shape index (κ3) is 2.65. The third-order valence-corrected chi connectivity index (χ3v) is 5.64. The highest BCUT2D eigenvalue weighted by Gasteiger charge is 2.22. The molecule has 3 heteroatoms. The second-order valence-electron chi connectivity index (χ2n) is 7.78. The van der Waals surface area contributed by atoms with E-state index in [2.05, 4.69) is 4.98 Å². The Morgan fingerprint density at radius 2 is 1.69 bits per heavy atom. The molecule has 0 aliphatic carbocycles. The molecule has 0 N–H and O–H groups in total. The molecule has 0 unspecified atom stereocenters. The number of aromatic nitrogens is 2. The fraction of sp³-hybridized carbons (Fsp3) is 0.231. The Morgan fingerprint density at radius 3 is 2.48 bits per heavy atom. The Balaban J connectivity index is 1.85. The average Bonchev–Trinajstić information content (AvgIpc) is 3.09. The predicted octanol–water partition coefficient (Wildman–Crippen LogP) is 6.17. The van der Waals surface area contributed by atoms with Crippen LogP contribution in [0.4, 0.5) is 0 Å². The largest absolute Gasteiger partial charge is 0.455 e. The van der Waals surface area contributed by atoms with Gasteiger partial charge in [-0.25, -0.2) is 4.57 Å². The van der Waals surface area contributed by atoms with Crippen molar-refractivity contribution in [1.82, 2.24) is 4.98 Å². The van der Waals surface area contributed by atoms with Crippen LogP contribution >= 0.6 is 0 Å². The van der Waals surface area contributed by atoms with E-state index in [1.54, 1.807) is 32.2 Å². The van der Waals surface area contributed by atoms with Crippen molar-refractivity contribution in [3.8, 4) is 11.3 Å². The molecule has 3 nitrogen and oxygen atoms in total. The lowest BCUT2D eigenvalue weighted by Crippen LogP contribution is -2.31. The molecule has 144 valence electrons. The highest BCUT2D eigenvalue weighted by Crippen LogP contribution is 2.38. The zero-order valence-electron chi connectivity index (χ0n) is 22.8. The number of nitrogens with zero attached hydrogens (tertiary/aromatic N) is 2. The van der Waals surface area contributed by atoms with Gasteiger partial charge in [-0.05, 0) is 63.3 Å². The molecule has 0 spiro atoms. The number of fused-ring (bicyclic) bond motifs is 4. The number of rotatable bonds is 1. The quantitative estimate of drug-likeness (QED) is 0.322. The van der Waals surface area contributed by atoms with E-state index in [9.17, 15) is 0 Å². The van der Waals surface area contributed by atoms with Crippen LogP contribution in [0.5, 0.6) is 0 Å². The Kier molecular flexibility index (Phi) is 2.62. The van der Waals surface area contributed by atoms with Gasteiger partial charge in [0.25, 0.3) is 0 Å². The molecule has 0 aliphatic heterocycles. The molecule has 0 radical (unpaired) electrons. The molecule has 2 aromatic carbocycles. The van der Waals surface area contributed by atoms with Crippen molar-refractivity contribution in [2.24, 2.45) is 7.05 Å². The molecule has 29 heavy (non-hydrogen) atoms. The number of benzene rings is 2. The van der Waals surface area contributed by atoms with Crippen LogP contribution in [0.3, 0.4) is 0 Å². The normalized spacial score (nSPS) is 15.7. The topological polar surface area (TPSA) is 29.9 Å². The number of hydrogen-bond donors (Lipinski definition) is 0. The van der Waals surface area contributed by atoms with E-state index in [0.29, 0.717) is 38.9 Å². The summed E-state index contributed by atoms with van der Waals surface area (Å²) < 4.78 is 55.7. The van der Waals surface area contributed by atoms with Crippen LogP contribution in [0.2, 0.25) is 0 Å². The first kappa shape index (κ1) is 12.4. The van der Waals surface area contributed by atoms with E-state index < -0.39 is 13.7 Å². The van der Waals surface area contributed by atoms with Gasteiger partial charge in [0, 0.05) is 47.8 Å². The van der Waals surface area contributed by atoms with Gasteiger partial charge >= 0.3 is 0 Å². The van der Waals surface area contributed by atoms with E-state index >= 15 is 0 Å². The van der Waals surface area contributed by atoms with Crippen LogP contribution in [0.1, 0.15) is 36.2 Å². The molecule has 0 saturated carbocycles. The van der Waals surface area contributed by atoms with E-state index in [-0.39, 0.29) is 5.56 Å². The van der Waals surface area contributed by atoms with Gasteiger partial charge in [0.2, 0.25) is 5.69 Å². The maximum absolute atomic E-state index is 8.00. The third-order valence-electron chi connectivity index (χ3n) is 5.64. The van der Waals surface area contributed by atoms with Crippen LogP contribution in [0.25, 0.3) is 44.1 Å². The van der Waals surface area contributed by atoms with Gasteiger partial charge in [0.15, 0.2) is 6.20 Å². The minimum atomic E-state index is -2.27. The van der Waals surface area contributed by atoms with Crippen LogP contribution in [0, 0.1) is 34.5 Å². The van der Waals surface area contributed by atoms with Gasteiger partial charge in [-0.3, -0.25) is 4.98 Å². The summed E-state index contributed by atoms with van der Waals surface area (Å²) in [7, 11) is 1.83. The molecule has 3 aromatic heterocycles. The summed E-state index contributed by atoms with van der Waals surface area (Å²) in [5.41, 5.74) is 6.43. The first-order chi connectivity index (χ1) is 16.3. The molecule has 5 aromatic rings. The molecular weight excluding hydrogens is 356 g/mol. The lowest BCUT2D eigenvalue weighted by molar-refractivity contribution is -0.660. The molecular formula is C26H25N2O+. The van der Waals surface area contributed by atoms with Crippen LogP contribution < -0.4 is 4.57 Å². The highest BCUT2D eigenvalue weighted by atomic mass is 16.3. The van der Waals surface area contributed by atoms with Crippen molar-refractivity contribution >= 4 is 32.8 Å². The lowest BCUT2D eigenvalue weighted by atomic mass is 9.98. The van der Waals surface area contributed by atoms with E-state index in [1.807, 2.05) is 42.8 Å². The zero-order valence-corrected chi connectivity index (χ0v) is 16.8. The molecule has 5 rings (SSSR count). The standard InChI is InChI=1S/C26H25N2O/c1-14-7-8-19-21-11-20-16(3)9-18(5)27-22(20)12-24(21)29-26(19)25(14)23-10-15(2)17(4)13-28(23)6/h7-13H,1-6H3/q+1/i3D3,4D3. The summed E-state index contributed by atoms with van der Waals surface area (Å²) in [6.45, 7) is 1.10. The summed E-state index contributed by atoms with van der Waals surface area (Å²) in [4.78, 5) is 4.56. The molecule has 0 bridgehead atoms. The monoisotopic (exact) mass is 387 g/mol. The Bertz CT molecular complexity index is 1660. The molecule has 0 atom stereocenters. The Morgan fingerprint density at radius 1 is 0.862 bits per heavy atom. The first-order valence-electron chi connectivity index (χ1n) is 12.5. The van der Waals surface area contributed by atoms with Gasteiger partial charge in [0.1, 0.15) is 18.2 Å². The van der Waals surface area contributed by atoms with Gasteiger partial charge in [-0.2, -0.15) is 0 Å². The Hall–Kier alpha value is -3.20. The number of aryl methyl sites for hydroxylation is 6. The van der Waals surface area contributed by atoms with Crippen LogP contribution in [-0.2, 0) is 7.05 Å². The van der Waals surface area contributed by atoms with Crippen LogP contribution in [0.15, 0.2) is 47.0 Å². The second kappa shape index (κ2) is 6.15. The van der Waals surface area contributed by atoms with Gasteiger partial charge in [0.05, 0.1) is 11.1 Å². The Labute approximate surface area is 179 Å². The highest BCUT2D eigenvalue weighted by molar-refractivity contribution is 6.13. The smallest absolute Gasteiger partial charge is 0.216 e. The first-order valence-corrected chi connectivity index (χ1v) is 9.54. The predicted molar refractivity (Wildman–Crippen MR) is 119 cm³/mol. The number of hydrogen-bond acceptors (Lipinski definition) is 2. The molecule has 0 amide bonds. The summed E-state index contributed by atoms with van der Waals surface area (Å²) in [6, 6.07) is 11.1. The summed E-state index contributed by atoms with van der Waals surface area (Å²) in [6.07, 6.45) is 1.65. The van der Waals surface area contributed by atoms with E-state index in [1.165, 1.54) is 0 Å². The molecule has 0 fully saturated rings.